The molecule has 0 aliphatic heterocycles. The van der Waals surface area contributed by atoms with Gasteiger partial charge < -0.3 is 21.1 Å². The first-order valence-electron chi connectivity index (χ1n) is 6.58. The van der Waals surface area contributed by atoms with Crippen LogP contribution in [0.4, 0.5) is 11.4 Å². The first kappa shape index (κ1) is 16.8. The molecule has 0 aromatic heterocycles. The highest BCUT2D eigenvalue weighted by molar-refractivity contribution is 5.95. The lowest BCUT2D eigenvalue weighted by Gasteiger charge is -2.16. The number of amides is 2. The molecule has 7 nitrogen and oxygen atoms in total. The van der Waals surface area contributed by atoms with Gasteiger partial charge in [0.25, 0.3) is 0 Å². The SMILES string of the molecule is CNC(=O)CCN(C)CC(=O)Nc1ccc(OC)cc1N. The number of nitrogens with zero attached hydrogens (tertiary/aromatic N) is 1. The van der Waals surface area contributed by atoms with Gasteiger partial charge in [0.2, 0.25) is 11.8 Å². The number of anilines is 2. The van der Waals surface area contributed by atoms with E-state index < -0.39 is 0 Å². The molecule has 0 heterocycles. The third-order valence-electron chi connectivity index (χ3n) is 2.95. The van der Waals surface area contributed by atoms with Crippen LogP contribution in [-0.4, -0.2) is 51.0 Å². The highest BCUT2D eigenvalue weighted by Crippen LogP contribution is 2.23. The number of nitrogens with two attached hydrogens (primary N) is 1. The lowest BCUT2D eigenvalue weighted by atomic mass is 10.2. The Balaban J connectivity index is 2.48. The molecule has 0 bridgehead atoms. The lowest BCUT2D eigenvalue weighted by molar-refractivity contribution is -0.122. The van der Waals surface area contributed by atoms with Gasteiger partial charge in [0.15, 0.2) is 0 Å². The minimum atomic E-state index is -0.189. The molecule has 0 unspecified atom stereocenters. The van der Waals surface area contributed by atoms with Gasteiger partial charge in [-0.15, -0.1) is 0 Å². The van der Waals surface area contributed by atoms with Crippen LogP contribution in [0.15, 0.2) is 18.2 Å². The number of nitrogens with one attached hydrogen (secondary N) is 2. The zero-order valence-electron chi connectivity index (χ0n) is 12.6. The predicted octanol–water partition coefficient (Wildman–Crippen LogP) is 0.284. The molecular weight excluding hydrogens is 272 g/mol. The zero-order chi connectivity index (χ0) is 15.8. The largest absolute Gasteiger partial charge is 0.497 e. The van der Waals surface area contributed by atoms with Crippen molar-refractivity contribution >= 4 is 23.2 Å². The first-order valence-corrected chi connectivity index (χ1v) is 6.58. The van der Waals surface area contributed by atoms with E-state index in [0.717, 1.165) is 0 Å². The Morgan fingerprint density at radius 3 is 2.62 bits per heavy atom. The number of ether oxygens (including phenoxy) is 1. The second-order valence-corrected chi connectivity index (χ2v) is 4.66. The minimum absolute atomic E-state index is 0.0540. The normalized spacial score (nSPS) is 10.3. The lowest BCUT2D eigenvalue weighted by Crippen LogP contribution is -2.33. The standard InChI is InChI=1S/C14H22N4O3/c1-16-13(19)6-7-18(2)9-14(20)17-12-5-4-10(21-3)8-11(12)15/h4-5,8H,6-7,9,15H2,1-3H3,(H,16,19)(H,17,20). The number of nitrogen functional groups attached to an aromatic ring is 1. The number of hydrogen-bond acceptors (Lipinski definition) is 5. The number of methoxy groups -OCH3 is 1. The van der Waals surface area contributed by atoms with Gasteiger partial charge >= 0.3 is 0 Å². The molecule has 0 aliphatic carbocycles. The summed E-state index contributed by atoms with van der Waals surface area (Å²) in [6.07, 6.45) is 0.352. The van der Waals surface area contributed by atoms with Crippen LogP contribution in [0.2, 0.25) is 0 Å². The van der Waals surface area contributed by atoms with Crippen LogP contribution in [0.5, 0.6) is 5.75 Å². The number of carbonyl (C=O) groups is 2. The average molecular weight is 294 g/mol. The van der Waals surface area contributed by atoms with Gasteiger partial charge in [-0.25, -0.2) is 0 Å². The Labute approximate surface area is 124 Å². The predicted molar refractivity (Wildman–Crippen MR) is 82.2 cm³/mol. The summed E-state index contributed by atoms with van der Waals surface area (Å²) in [6, 6.07) is 5.06. The third kappa shape index (κ3) is 5.70. The Bertz CT molecular complexity index is 505. The quantitative estimate of drug-likeness (QED) is 0.628. The maximum Gasteiger partial charge on any atom is 0.238 e. The number of benzene rings is 1. The van der Waals surface area contributed by atoms with E-state index in [1.54, 1.807) is 44.3 Å². The highest BCUT2D eigenvalue weighted by Gasteiger charge is 2.10. The Morgan fingerprint density at radius 2 is 2.05 bits per heavy atom. The van der Waals surface area contributed by atoms with Crippen LogP contribution in [0.3, 0.4) is 0 Å². The molecule has 7 heteroatoms. The average Bonchev–Trinajstić information content (AvgIpc) is 2.46. The molecule has 2 amide bonds. The van der Waals surface area contributed by atoms with Crippen molar-refractivity contribution in [3.05, 3.63) is 18.2 Å². The molecule has 1 rings (SSSR count). The number of carbonyl (C=O) groups excluding carboxylic acids is 2. The second-order valence-electron chi connectivity index (χ2n) is 4.66. The molecule has 0 saturated heterocycles. The summed E-state index contributed by atoms with van der Waals surface area (Å²) < 4.78 is 5.05. The van der Waals surface area contributed by atoms with Crippen molar-refractivity contribution in [3.8, 4) is 5.75 Å². The van der Waals surface area contributed by atoms with E-state index in [0.29, 0.717) is 30.1 Å². The topological polar surface area (TPSA) is 96.7 Å². The summed E-state index contributed by atoms with van der Waals surface area (Å²) in [5, 5.41) is 5.27. The molecule has 1 aromatic rings. The maximum absolute atomic E-state index is 11.9. The molecule has 0 aliphatic rings. The number of rotatable bonds is 7. The molecule has 0 fully saturated rings. The Kier molecular flexibility index (Phi) is 6.48. The smallest absolute Gasteiger partial charge is 0.238 e. The summed E-state index contributed by atoms with van der Waals surface area (Å²) in [5.74, 6) is 0.390. The monoisotopic (exact) mass is 294 g/mol. The molecule has 21 heavy (non-hydrogen) atoms. The third-order valence-corrected chi connectivity index (χ3v) is 2.95. The Hall–Kier alpha value is -2.28. The molecule has 0 radical (unpaired) electrons. The van der Waals surface area contributed by atoms with Crippen molar-refractivity contribution in [1.29, 1.82) is 0 Å². The fraction of sp³-hybridized carbons (Fsp3) is 0.429. The zero-order valence-corrected chi connectivity index (χ0v) is 12.6. The van der Waals surface area contributed by atoms with E-state index >= 15 is 0 Å². The fourth-order valence-corrected chi connectivity index (χ4v) is 1.71. The molecule has 0 saturated carbocycles. The van der Waals surface area contributed by atoms with Gasteiger partial charge in [-0.05, 0) is 19.2 Å². The van der Waals surface area contributed by atoms with E-state index in [1.807, 2.05) is 0 Å². The van der Waals surface area contributed by atoms with Crippen molar-refractivity contribution in [3.63, 3.8) is 0 Å². The van der Waals surface area contributed by atoms with Crippen molar-refractivity contribution in [2.45, 2.75) is 6.42 Å². The van der Waals surface area contributed by atoms with Crippen LogP contribution >= 0.6 is 0 Å². The summed E-state index contributed by atoms with van der Waals surface area (Å²) in [6.45, 7) is 0.688. The van der Waals surface area contributed by atoms with Gasteiger partial charge in [0, 0.05) is 26.1 Å². The Morgan fingerprint density at radius 1 is 1.33 bits per heavy atom. The summed E-state index contributed by atoms with van der Waals surface area (Å²) >= 11 is 0. The number of likely N-dealkylation sites (N-methyl/N-ethyl adjacent to an activating group) is 1. The molecule has 4 N–H and O–H groups in total. The first-order chi connectivity index (χ1) is 9.96. The van der Waals surface area contributed by atoms with E-state index in [9.17, 15) is 9.59 Å². The van der Waals surface area contributed by atoms with Crippen LogP contribution in [0, 0.1) is 0 Å². The van der Waals surface area contributed by atoms with E-state index in [2.05, 4.69) is 10.6 Å². The van der Waals surface area contributed by atoms with Crippen LogP contribution in [0.25, 0.3) is 0 Å². The van der Waals surface area contributed by atoms with Gasteiger partial charge in [0.1, 0.15) is 5.75 Å². The molecule has 0 atom stereocenters. The molecule has 0 spiro atoms. The highest BCUT2D eigenvalue weighted by atomic mass is 16.5. The van der Waals surface area contributed by atoms with Crippen molar-refractivity contribution in [2.75, 3.05) is 45.3 Å². The summed E-state index contributed by atoms with van der Waals surface area (Å²) in [5.41, 5.74) is 6.81. The molecule has 116 valence electrons. The van der Waals surface area contributed by atoms with Gasteiger partial charge in [-0.2, -0.15) is 0 Å². The van der Waals surface area contributed by atoms with Crippen LogP contribution in [-0.2, 0) is 9.59 Å². The molecular formula is C14H22N4O3. The van der Waals surface area contributed by atoms with Crippen molar-refractivity contribution < 1.29 is 14.3 Å². The van der Waals surface area contributed by atoms with E-state index in [-0.39, 0.29) is 18.4 Å². The van der Waals surface area contributed by atoms with Crippen LogP contribution < -0.4 is 21.1 Å². The second kappa shape index (κ2) is 8.11. The maximum atomic E-state index is 11.9. The fourth-order valence-electron chi connectivity index (χ4n) is 1.71. The van der Waals surface area contributed by atoms with Crippen LogP contribution in [0.1, 0.15) is 6.42 Å². The van der Waals surface area contributed by atoms with E-state index in [1.165, 1.54) is 0 Å². The van der Waals surface area contributed by atoms with E-state index in [4.69, 9.17) is 10.5 Å². The minimum Gasteiger partial charge on any atom is -0.497 e. The summed E-state index contributed by atoms with van der Waals surface area (Å²) in [7, 11) is 4.91. The van der Waals surface area contributed by atoms with Crippen molar-refractivity contribution in [2.24, 2.45) is 0 Å². The molecule has 1 aromatic carbocycles. The number of hydrogen-bond donors (Lipinski definition) is 3. The summed E-state index contributed by atoms with van der Waals surface area (Å²) in [4.78, 5) is 24.8. The van der Waals surface area contributed by atoms with Gasteiger partial charge in [-0.3, -0.25) is 14.5 Å². The van der Waals surface area contributed by atoms with Gasteiger partial charge in [0.05, 0.1) is 25.0 Å². The van der Waals surface area contributed by atoms with Gasteiger partial charge in [-0.1, -0.05) is 0 Å². The van der Waals surface area contributed by atoms with Crippen molar-refractivity contribution in [1.82, 2.24) is 10.2 Å².